The normalized spacial score (nSPS) is 28.6. The van der Waals surface area contributed by atoms with Crippen LogP contribution in [0.2, 0.25) is 0 Å². The molecule has 1 saturated carbocycles. The molecule has 1 aromatic carbocycles. The van der Waals surface area contributed by atoms with Crippen LogP contribution in [0.15, 0.2) is 30.3 Å². The number of rotatable bonds is 4. The summed E-state index contributed by atoms with van der Waals surface area (Å²) in [4.78, 5) is 2.44. The van der Waals surface area contributed by atoms with Crippen molar-refractivity contribution in [1.29, 1.82) is 0 Å². The van der Waals surface area contributed by atoms with E-state index in [9.17, 15) is 5.11 Å². The first kappa shape index (κ1) is 13.6. The third kappa shape index (κ3) is 2.19. The second-order valence-corrected chi connectivity index (χ2v) is 5.22. The van der Waals surface area contributed by atoms with E-state index >= 15 is 0 Å². The van der Waals surface area contributed by atoms with Gasteiger partial charge in [-0.05, 0) is 31.5 Å². The fraction of sp³-hybridized carbons (Fsp3) is 0.625. The van der Waals surface area contributed by atoms with Gasteiger partial charge in [-0.2, -0.15) is 0 Å². The van der Waals surface area contributed by atoms with E-state index in [-0.39, 0.29) is 11.6 Å². The highest BCUT2D eigenvalue weighted by Gasteiger charge is 2.44. The molecule has 18 heavy (non-hydrogen) atoms. The van der Waals surface area contributed by atoms with E-state index in [1.54, 1.807) is 0 Å². The predicted octanol–water partition coefficient (Wildman–Crippen LogP) is 3.16. The van der Waals surface area contributed by atoms with Crippen LogP contribution in [0, 0.1) is 0 Å². The molecule has 100 valence electrons. The first-order valence-corrected chi connectivity index (χ1v) is 7.24. The number of likely N-dealkylation sites (N-methyl/N-ethyl adjacent to an activating group) is 1. The molecule has 0 amide bonds. The quantitative estimate of drug-likeness (QED) is 0.883. The summed E-state index contributed by atoms with van der Waals surface area (Å²) in [6.07, 6.45) is 4.11. The molecule has 1 aliphatic carbocycles. The number of hydrogen-bond donors (Lipinski definition) is 1. The Morgan fingerprint density at radius 3 is 2.39 bits per heavy atom. The van der Waals surface area contributed by atoms with Crippen molar-refractivity contribution in [3.63, 3.8) is 0 Å². The van der Waals surface area contributed by atoms with Crippen molar-refractivity contribution in [3.05, 3.63) is 35.9 Å². The summed E-state index contributed by atoms with van der Waals surface area (Å²) < 4.78 is 0. The van der Waals surface area contributed by atoms with Crippen LogP contribution in [0.4, 0.5) is 0 Å². The van der Waals surface area contributed by atoms with Crippen LogP contribution in [0.3, 0.4) is 0 Å². The zero-order valence-electron chi connectivity index (χ0n) is 11.6. The van der Waals surface area contributed by atoms with Gasteiger partial charge in [-0.25, -0.2) is 0 Å². The molecule has 2 atom stereocenters. The topological polar surface area (TPSA) is 23.5 Å². The van der Waals surface area contributed by atoms with Gasteiger partial charge in [0.05, 0.1) is 11.6 Å². The molecule has 0 radical (unpaired) electrons. The van der Waals surface area contributed by atoms with E-state index in [0.29, 0.717) is 0 Å². The van der Waals surface area contributed by atoms with Gasteiger partial charge in [0.1, 0.15) is 0 Å². The number of hydrogen-bond acceptors (Lipinski definition) is 2. The first-order valence-electron chi connectivity index (χ1n) is 7.24. The van der Waals surface area contributed by atoms with E-state index in [1.807, 2.05) is 0 Å². The molecule has 0 spiro atoms. The Kier molecular flexibility index (Phi) is 4.41. The van der Waals surface area contributed by atoms with E-state index in [0.717, 1.165) is 32.4 Å². The SMILES string of the molecule is CCN(CC)[C@]1(c2ccccc2)CCCCC1O. The molecule has 2 nitrogen and oxygen atoms in total. The Morgan fingerprint density at radius 2 is 1.83 bits per heavy atom. The predicted molar refractivity (Wildman–Crippen MR) is 75.5 cm³/mol. The van der Waals surface area contributed by atoms with Crippen molar-refractivity contribution in [2.45, 2.75) is 51.2 Å². The number of nitrogens with zero attached hydrogens (tertiary/aromatic N) is 1. The second kappa shape index (κ2) is 5.85. The van der Waals surface area contributed by atoms with E-state index in [1.165, 1.54) is 12.0 Å². The third-order valence-electron chi connectivity index (χ3n) is 4.44. The Hall–Kier alpha value is -0.860. The summed E-state index contributed by atoms with van der Waals surface area (Å²) in [5.74, 6) is 0. The summed E-state index contributed by atoms with van der Waals surface area (Å²) in [7, 11) is 0. The van der Waals surface area contributed by atoms with Gasteiger partial charge in [-0.1, -0.05) is 57.0 Å². The molecule has 2 heteroatoms. The molecule has 1 aromatic rings. The molecule has 1 N–H and O–H groups in total. The zero-order chi connectivity index (χ0) is 13.0. The smallest absolute Gasteiger partial charge is 0.0765 e. The number of benzene rings is 1. The Balaban J connectivity index is 2.45. The number of aliphatic hydroxyl groups is 1. The lowest BCUT2D eigenvalue weighted by Gasteiger charge is -2.49. The highest BCUT2D eigenvalue weighted by atomic mass is 16.3. The van der Waals surface area contributed by atoms with Crippen LogP contribution in [0.25, 0.3) is 0 Å². The molecule has 0 aliphatic heterocycles. The highest BCUT2D eigenvalue weighted by molar-refractivity contribution is 5.27. The summed E-state index contributed by atoms with van der Waals surface area (Å²) in [6, 6.07) is 10.6. The molecular formula is C16H25NO. The largest absolute Gasteiger partial charge is 0.391 e. The molecule has 1 aliphatic rings. The summed E-state index contributed by atoms with van der Waals surface area (Å²) >= 11 is 0. The lowest BCUT2D eigenvalue weighted by Crippen LogP contribution is -2.55. The van der Waals surface area contributed by atoms with E-state index in [4.69, 9.17) is 0 Å². The van der Waals surface area contributed by atoms with Crippen molar-refractivity contribution in [2.75, 3.05) is 13.1 Å². The highest BCUT2D eigenvalue weighted by Crippen LogP contribution is 2.42. The molecule has 1 fully saturated rings. The Morgan fingerprint density at radius 1 is 1.17 bits per heavy atom. The van der Waals surface area contributed by atoms with Gasteiger partial charge in [-0.15, -0.1) is 0 Å². The molecule has 0 bridgehead atoms. The average molecular weight is 247 g/mol. The maximum absolute atomic E-state index is 10.7. The monoisotopic (exact) mass is 247 g/mol. The van der Waals surface area contributed by atoms with Gasteiger partial charge in [0.15, 0.2) is 0 Å². The minimum atomic E-state index is -0.242. The van der Waals surface area contributed by atoms with Gasteiger partial charge < -0.3 is 5.11 Å². The second-order valence-electron chi connectivity index (χ2n) is 5.22. The Labute approximate surface area is 111 Å². The minimum Gasteiger partial charge on any atom is -0.391 e. The summed E-state index contributed by atoms with van der Waals surface area (Å²) in [6.45, 7) is 6.36. The van der Waals surface area contributed by atoms with Gasteiger partial charge >= 0.3 is 0 Å². The molecule has 0 aromatic heterocycles. The fourth-order valence-corrected chi connectivity index (χ4v) is 3.54. The first-order chi connectivity index (χ1) is 8.75. The molecular weight excluding hydrogens is 222 g/mol. The van der Waals surface area contributed by atoms with Gasteiger partial charge in [0.2, 0.25) is 0 Å². The molecule has 1 unspecified atom stereocenters. The van der Waals surface area contributed by atoms with Crippen LogP contribution in [-0.4, -0.2) is 29.2 Å². The summed E-state index contributed by atoms with van der Waals surface area (Å²) in [5.41, 5.74) is 1.11. The van der Waals surface area contributed by atoms with Crippen LogP contribution < -0.4 is 0 Å². The Bertz CT molecular complexity index is 361. The molecule has 0 saturated heterocycles. The summed E-state index contributed by atoms with van der Waals surface area (Å²) in [5, 5.41) is 10.7. The van der Waals surface area contributed by atoms with Crippen molar-refractivity contribution >= 4 is 0 Å². The molecule has 2 rings (SSSR count). The van der Waals surface area contributed by atoms with E-state index in [2.05, 4.69) is 49.1 Å². The maximum Gasteiger partial charge on any atom is 0.0765 e. The van der Waals surface area contributed by atoms with Crippen molar-refractivity contribution in [2.24, 2.45) is 0 Å². The van der Waals surface area contributed by atoms with E-state index < -0.39 is 0 Å². The van der Waals surface area contributed by atoms with Crippen molar-refractivity contribution in [1.82, 2.24) is 4.90 Å². The third-order valence-corrected chi connectivity index (χ3v) is 4.44. The average Bonchev–Trinajstić information content (AvgIpc) is 2.43. The van der Waals surface area contributed by atoms with Gasteiger partial charge in [0, 0.05) is 0 Å². The van der Waals surface area contributed by atoms with Crippen molar-refractivity contribution in [3.8, 4) is 0 Å². The van der Waals surface area contributed by atoms with Gasteiger partial charge in [-0.3, -0.25) is 4.90 Å². The van der Waals surface area contributed by atoms with Crippen LogP contribution in [0.5, 0.6) is 0 Å². The van der Waals surface area contributed by atoms with Crippen LogP contribution in [-0.2, 0) is 5.54 Å². The number of aliphatic hydroxyl groups excluding tert-OH is 1. The fourth-order valence-electron chi connectivity index (χ4n) is 3.54. The van der Waals surface area contributed by atoms with Crippen LogP contribution in [0.1, 0.15) is 45.1 Å². The van der Waals surface area contributed by atoms with Crippen LogP contribution >= 0.6 is 0 Å². The lowest BCUT2D eigenvalue weighted by molar-refractivity contribution is -0.0608. The molecule has 0 heterocycles. The standard InChI is InChI=1S/C16H25NO/c1-3-17(4-2)16(13-9-8-12-15(16)18)14-10-6-5-7-11-14/h5-7,10-11,15,18H,3-4,8-9,12-13H2,1-2H3/t15?,16-/m0/s1. The lowest BCUT2D eigenvalue weighted by atomic mass is 9.73. The van der Waals surface area contributed by atoms with Crippen molar-refractivity contribution < 1.29 is 5.11 Å². The minimum absolute atomic E-state index is 0.164. The zero-order valence-corrected chi connectivity index (χ0v) is 11.6. The van der Waals surface area contributed by atoms with Gasteiger partial charge in [0.25, 0.3) is 0 Å². The maximum atomic E-state index is 10.7.